The van der Waals surface area contributed by atoms with Gasteiger partial charge < -0.3 is 21.5 Å². The molecule has 0 saturated heterocycles. The Morgan fingerprint density at radius 2 is 1.73 bits per heavy atom. The van der Waals surface area contributed by atoms with Crippen LogP contribution in [-0.4, -0.2) is 30.6 Å². The summed E-state index contributed by atoms with van der Waals surface area (Å²) in [7, 11) is 0. The lowest BCUT2D eigenvalue weighted by Crippen LogP contribution is -2.56. The predicted octanol–water partition coefficient (Wildman–Crippen LogP) is 4.40. The molecule has 0 aromatic heterocycles. The van der Waals surface area contributed by atoms with Crippen LogP contribution >= 0.6 is 0 Å². The van der Waals surface area contributed by atoms with E-state index in [4.69, 9.17) is 16.2 Å². The van der Waals surface area contributed by atoms with Crippen LogP contribution in [0.2, 0.25) is 0 Å². The summed E-state index contributed by atoms with van der Waals surface area (Å²) in [5.41, 5.74) is 10.8. The molecule has 5 N–H and O–H groups in total. The van der Waals surface area contributed by atoms with E-state index >= 15 is 0 Å². The zero-order valence-corrected chi connectivity index (χ0v) is 20.9. The van der Waals surface area contributed by atoms with Gasteiger partial charge in [-0.1, -0.05) is 75.3 Å². The largest absolute Gasteiger partial charge is 0.458 e. The van der Waals surface area contributed by atoms with Crippen LogP contribution in [0, 0.1) is 11.8 Å². The molecular formula is C27H45N3O3. The minimum atomic E-state index is -1.45. The third-order valence-electron chi connectivity index (χ3n) is 6.56. The van der Waals surface area contributed by atoms with Crippen LogP contribution in [0.25, 0.3) is 0 Å². The molecule has 2 rings (SSSR count). The van der Waals surface area contributed by atoms with Gasteiger partial charge in [-0.3, -0.25) is 4.79 Å². The lowest BCUT2D eigenvalue weighted by Gasteiger charge is -2.32. The van der Waals surface area contributed by atoms with E-state index in [-0.39, 0.29) is 18.4 Å². The van der Waals surface area contributed by atoms with E-state index in [1.165, 1.54) is 32.1 Å². The van der Waals surface area contributed by atoms with E-state index in [9.17, 15) is 9.59 Å². The Kier molecular flexibility index (Phi) is 10.8. The summed E-state index contributed by atoms with van der Waals surface area (Å²) in [6.45, 7) is 6.14. The first kappa shape index (κ1) is 27.3. The maximum Gasteiger partial charge on any atom is 0.333 e. The maximum absolute atomic E-state index is 13.3. The second-order valence-electron chi connectivity index (χ2n) is 10.6. The molecule has 0 radical (unpaired) electrons. The van der Waals surface area contributed by atoms with Crippen LogP contribution in [0.4, 0.5) is 0 Å². The SMILES string of the molecule is CC(C)(C)OC(=O)C(N)(CNC(=O)C(CCCCCN)CC1CCCCC1)c1ccccc1. The van der Waals surface area contributed by atoms with Gasteiger partial charge in [-0.15, -0.1) is 0 Å². The second kappa shape index (κ2) is 13.1. The average Bonchev–Trinajstić information content (AvgIpc) is 2.79. The fraction of sp³-hybridized carbons (Fsp3) is 0.704. The van der Waals surface area contributed by atoms with Crippen LogP contribution < -0.4 is 16.8 Å². The second-order valence-corrected chi connectivity index (χ2v) is 10.6. The number of carbonyl (C=O) groups excluding carboxylic acids is 2. The van der Waals surface area contributed by atoms with Gasteiger partial charge in [-0.2, -0.15) is 0 Å². The van der Waals surface area contributed by atoms with E-state index in [0.717, 1.165) is 32.1 Å². The molecule has 1 aliphatic rings. The van der Waals surface area contributed by atoms with Crippen molar-refractivity contribution in [1.29, 1.82) is 0 Å². The summed E-state index contributed by atoms with van der Waals surface area (Å²) in [6, 6.07) is 9.17. The zero-order valence-electron chi connectivity index (χ0n) is 20.9. The molecule has 6 nitrogen and oxygen atoms in total. The third-order valence-corrected chi connectivity index (χ3v) is 6.56. The minimum Gasteiger partial charge on any atom is -0.458 e. The summed E-state index contributed by atoms with van der Waals surface area (Å²) in [5, 5.41) is 3.03. The minimum absolute atomic E-state index is 0.00866. The van der Waals surface area contributed by atoms with Gasteiger partial charge in [0.1, 0.15) is 5.60 Å². The highest BCUT2D eigenvalue weighted by Crippen LogP contribution is 2.31. The summed E-state index contributed by atoms with van der Waals surface area (Å²) < 4.78 is 5.64. The fourth-order valence-electron chi connectivity index (χ4n) is 4.66. The van der Waals surface area contributed by atoms with Gasteiger partial charge in [0.2, 0.25) is 5.91 Å². The van der Waals surface area contributed by atoms with Gasteiger partial charge >= 0.3 is 5.97 Å². The highest BCUT2D eigenvalue weighted by atomic mass is 16.6. The monoisotopic (exact) mass is 459 g/mol. The van der Waals surface area contributed by atoms with Crippen LogP contribution in [0.1, 0.15) is 90.5 Å². The summed E-state index contributed by atoms with van der Waals surface area (Å²) in [4.78, 5) is 26.4. The standard InChI is InChI=1S/C27H45N3O3/c1-26(2,3)33-25(32)27(29,23-16-10-5-11-17-23)20-30-24(31)22(15-9-6-12-18-28)19-21-13-7-4-8-14-21/h5,10-11,16-17,21-22H,4,6-9,12-15,18-20,28-29H2,1-3H3,(H,30,31). The molecule has 6 heteroatoms. The predicted molar refractivity (Wildman–Crippen MR) is 133 cm³/mol. The Bertz CT molecular complexity index is 726. The smallest absolute Gasteiger partial charge is 0.333 e. The van der Waals surface area contributed by atoms with Crippen LogP contribution in [0.3, 0.4) is 0 Å². The average molecular weight is 460 g/mol. The van der Waals surface area contributed by atoms with Crippen LogP contribution in [0.15, 0.2) is 30.3 Å². The lowest BCUT2D eigenvalue weighted by atomic mass is 9.81. The number of esters is 1. The van der Waals surface area contributed by atoms with Gasteiger partial charge in [0, 0.05) is 5.92 Å². The molecule has 0 aliphatic heterocycles. The van der Waals surface area contributed by atoms with Crippen molar-refractivity contribution in [2.45, 2.75) is 96.1 Å². The van der Waals surface area contributed by atoms with Gasteiger partial charge in [-0.25, -0.2) is 4.79 Å². The van der Waals surface area contributed by atoms with E-state index in [0.29, 0.717) is 18.0 Å². The van der Waals surface area contributed by atoms with Gasteiger partial charge in [0.05, 0.1) is 6.54 Å². The van der Waals surface area contributed by atoms with Crippen molar-refractivity contribution >= 4 is 11.9 Å². The number of rotatable bonds is 12. The van der Waals surface area contributed by atoms with Gasteiger partial charge in [0.15, 0.2) is 5.54 Å². The van der Waals surface area contributed by atoms with Crippen molar-refractivity contribution in [1.82, 2.24) is 5.32 Å². The molecule has 1 fully saturated rings. The molecule has 0 spiro atoms. The number of hydrogen-bond donors (Lipinski definition) is 3. The number of carbonyl (C=O) groups is 2. The van der Waals surface area contributed by atoms with Crippen LogP contribution in [-0.2, 0) is 19.9 Å². The Morgan fingerprint density at radius 3 is 2.33 bits per heavy atom. The van der Waals surface area contributed by atoms with E-state index in [2.05, 4.69) is 5.32 Å². The normalized spacial score (nSPS) is 17.7. The highest BCUT2D eigenvalue weighted by Gasteiger charge is 2.40. The van der Waals surface area contributed by atoms with Gasteiger partial charge in [0.25, 0.3) is 0 Å². The first-order chi connectivity index (χ1) is 15.7. The Labute approximate surface area is 200 Å². The maximum atomic E-state index is 13.3. The molecule has 0 bridgehead atoms. The lowest BCUT2D eigenvalue weighted by molar-refractivity contribution is -0.162. The molecule has 1 aromatic carbocycles. The van der Waals surface area contributed by atoms with Crippen molar-refractivity contribution in [2.24, 2.45) is 23.3 Å². The molecule has 1 aliphatic carbocycles. The number of ether oxygens (including phenoxy) is 1. The molecular weight excluding hydrogens is 414 g/mol. The molecule has 2 atom stereocenters. The Balaban J connectivity index is 2.11. The molecule has 0 heterocycles. The number of hydrogen-bond acceptors (Lipinski definition) is 5. The van der Waals surface area contributed by atoms with Crippen molar-refractivity contribution in [3.05, 3.63) is 35.9 Å². The highest BCUT2D eigenvalue weighted by molar-refractivity contribution is 5.85. The molecule has 1 saturated carbocycles. The molecule has 186 valence electrons. The number of nitrogens with one attached hydrogen (secondary N) is 1. The van der Waals surface area contributed by atoms with Gasteiger partial charge in [-0.05, 0) is 58.1 Å². The van der Waals surface area contributed by atoms with E-state index in [1.54, 1.807) is 0 Å². The zero-order chi connectivity index (χ0) is 24.3. The first-order valence-corrected chi connectivity index (χ1v) is 12.7. The van der Waals surface area contributed by atoms with Crippen LogP contribution in [0.5, 0.6) is 0 Å². The summed E-state index contributed by atoms with van der Waals surface area (Å²) in [6.07, 6.45) is 11.0. The number of benzene rings is 1. The molecule has 2 unspecified atom stereocenters. The van der Waals surface area contributed by atoms with Crippen molar-refractivity contribution in [3.8, 4) is 0 Å². The molecule has 1 aromatic rings. The first-order valence-electron chi connectivity index (χ1n) is 12.7. The van der Waals surface area contributed by atoms with Crippen molar-refractivity contribution in [3.63, 3.8) is 0 Å². The Hall–Kier alpha value is -1.92. The Morgan fingerprint density at radius 1 is 1.06 bits per heavy atom. The van der Waals surface area contributed by atoms with E-state index in [1.807, 2.05) is 51.1 Å². The topological polar surface area (TPSA) is 107 Å². The molecule has 1 amide bonds. The number of amides is 1. The third kappa shape index (κ3) is 9.09. The molecule has 33 heavy (non-hydrogen) atoms. The quantitative estimate of drug-likeness (QED) is 0.317. The number of nitrogens with two attached hydrogens (primary N) is 2. The van der Waals surface area contributed by atoms with E-state index < -0.39 is 17.1 Å². The fourth-order valence-corrected chi connectivity index (χ4v) is 4.66. The van der Waals surface area contributed by atoms with Crippen molar-refractivity contribution in [2.75, 3.05) is 13.1 Å². The summed E-state index contributed by atoms with van der Waals surface area (Å²) >= 11 is 0. The van der Waals surface area contributed by atoms with Crippen molar-refractivity contribution < 1.29 is 14.3 Å². The number of unbranched alkanes of at least 4 members (excludes halogenated alkanes) is 2. The summed E-state index contributed by atoms with van der Waals surface area (Å²) in [5.74, 6) is -0.00734.